The SMILES string of the molecule is O=C(O)c1sc(Br)nc1-c1cccc(F)c1. The minimum Gasteiger partial charge on any atom is -0.477 e. The van der Waals surface area contributed by atoms with Crippen molar-refractivity contribution < 1.29 is 14.3 Å². The number of thiazole rings is 1. The average Bonchev–Trinajstić information content (AvgIpc) is 2.60. The van der Waals surface area contributed by atoms with Crippen molar-refractivity contribution in [2.24, 2.45) is 0 Å². The third kappa shape index (κ3) is 2.12. The van der Waals surface area contributed by atoms with Crippen LogP contribution in [-0.4, -0.2) is 16.1 Å². The van der Waals surface area contributed by atoms with Gasteiger partial charge in [-0.25, -0.2) is 14.2 Å². The lowest BCUT2D eigenvalue weighted by Gasteiger charge is -1.98. The molecule has 0 atom stereocenters. The first-order chi connectivity index (χ1) is 7.58. The molecule has 0 aliphatic heterocycles. The van der Waals surface area contributed by atoms with E-state index in [1.165, 1.54) is 18.2 Å². The van der Waals surface area contributed by atoms with Gasteiger partial charge in [0.15, 0.2) is 3.92 Å². The summed E-state index contributed by atoms with van der Waals surface area (Å²) in [5.74, 6) is -1.49. The summed E-state index contributed by atoms with van der Waals surface area (Å²) in [5.41, 5.74) is 0.739. The predicted molar refractivity (Wildman–Crippen MR) is 62.2 cm³/mol. The van der Waals surface area contributed by atoms with E-state index in [4.69, 9.17) is 5.11 Å². The van der Waals surface area contributed by atoms with E-state index in [0.29, 0.717) is 9.48 Å². The molecular formula is C10H5BrFNO2S. The number of benzene rings is 1. The van der Waals surface area contributed by atoms with Crippen LogP contribution in [-0.2, 0) is 0 Å². The van der Waals surface area contributed by atoms with Crippen LogP contribution in [0, 0.1) is 5.82 Å². The Hall–Kier alpha value is -1.27. The zero-order chi connectivity index (χ0) is 11.7. The Morgan fingerprint density at radius 2 is 2.25 bits per heavy atom. The molecule has 0 aliphatic rings. The standard InChI is InChI=1S/C10H5BrFNO2S/c11-10-13-7(8(16-10)9(14)15)5-2-1-3-6(12)4-5/h1-4H,(H,14,15). The second kappa shape index (κ2) is 4.31. The van der Waals surface area contributed by atoms with E-state index in [9.17, 15) is 9.18 Å². The molecule has 2 rings (SSSR count). The van der Waals surface area contributed by atoms with E-state index >= 15 is 0 Å². The van der Waals surface area contributed by atoms with Crippen LogP contribution in [0.1, 0.15) is 9.67 Å². The highest BCUT2D eigenvalue weighted by Gasteiger charge is 2.17. The van der Waals surface area contributed by atoms with Crippen LogP contribution in [0.4, 0.5) is 4.39 Å². The van der Waals surface area contributed by atoms with Crippen LogP contribution in [0.2, 0.25) is 0 Å². The minimum atomic E-state index is -1.07. The lowest BCUT2D eigenvalue weighted by atomic mass is 10.1. The Kier molecular flexibility index (Phi) is 3.02. The third-order valence-electron chi connectivity index (χ3n) is 1.89. The predicted octanol–water partition coefficient (Wildman–Crippen LogP) is 3.41. The number of carboxylic acids is 1. The minimum absolute atomic E-state index is 0.0949. The van der Waals surface area contributed by atoms with Crippen molar-refractivity contribution in [1.29, 1.82) is 0 Å². The van der Waals surface area contributed by atoms with E-state index in [1.807, 2.05) is 0 Å². The third-order valence-corrected chi connectivity index (χ3v) is 3.39. The molecule has 1 heterocycles. The number of rotatable bonds is 2. The zero-order valence-electron chi connectivity index (χ0n) is 7.78. The summed E-state index contributed by atoms with van der Waals surface area (Å²) >= 11 is 4.12. The van der Waals surface area contributed by atoms with Gasteiger partial charge in [0.1, 0.15) is 10.7 Å². The van der Waals surface area contributed by atoms with Crippen molar-refractivity contribution in [3.8, 4) is 11.3 Å². The normalized spacial score (nSPS) is 10.4. The van der Waals surface area contributed by atoms with Gasteiger partial charge in [-0.2, -0.15) is 0 Å². The molecule has 3 nitrogen and oxygen atoms in total. The zero-order valence-corrected chi connectivity index (χ0v) is 10.2. The molecule has 0 bridgehead atoms. The van der Waals surface area contributed by atoms with Crippen LogP contribution < -0.4 is 0 Å². The smallest absolute Gasteiger partial charge is 0.348 e. The maximum atomic E-state index is 13.0. The van der Waals surface area contributed by atoms with E-state index in [1.54, 1.807) is 6.07 Å². The van der Waals surface area contributed by atoms with Gasteiger partial charge in [0.05, 0.1) is 5.69 Å². The maximum absolute atomic E-state index is 13.0. The number of carboxylic acid groups (broad SMARTS) is 1. The van der Waals surface area contributed by atoms with Gasteiger partial charge in [-0.1, -0.05) is 23.5 Å². The molecule has 1 N–H and O–H groups in total. The summed E-state index contributed by atoms with van der Waals surface area (Å²) in [5, 5.41) is 8.97. The van der Waals surface area contributed by atoms with E-state index in [2.05, 4.69) is 20.9 Å². The molecule has 16 heavy (non-hydrogen) atoms. The Morgan fingerprint density at radius 1 is 1.50 bits per heavy atom. The summed E-state index contributed by atoms with van der Waals surface area (Å²) in [6.45, 7) is 0. The average molecular weight is 302 g/mol. The number of nitrogens with zero attached hydrogens (tertiary/aromatic N) is 1. The molecule has 0 fully saturated rings. The van der Waals surface area contributed by atoms with E-state index in [-0.39, 0.29) is 10.6 Å². The van der Waals surface area contributed by atoms with Crippen molar-refractivity contribution in [3.63, 3.8) is 0 Å². The number of hydrogen-bond acceptors (Lipinski definition) is 3. The molecule has 0 unspecified atom stereocenters. The van der Waals surface area contributed by atoms with Crippen LogP contribution >= 0.6 is 27.3 Å². The Balaban J connectivity index is 2.59. The summed E-state index contributed by atoms with van der Waals surface area (Å²) in [7, 11) is 0. The maximum Gasteiger partial charge on any atom is 0.348 e. The summed E-state index contributed by atoms with van der Waals surface area (Å²) in [4.78, 5) is 15.1. The molecule has 0 saturated carbocycles. The van der Waals surface area contributed by atoms with Crippen molar-refractivity contribution in [2.75, 3.05) is 0 Å². The van der Waals surface area contributed by atoms with Crippen molar-refractivity contribution in [1.82, 2.24) is 4.98 Å². The molecule has 1 aromatic carbocycles. The summed E-state index contributed by atoms with van der Waals surface area (Å²) in [6.07, 6.45) is 0. The fraction of sp³-hybridized carbons (Fsp3) is 0. The first-order valence-electron chi connectivity index (χ1n) is 4.23. The van der Waals surface area contributed by atoms with Gasteiger partial charge < -0.3 is 5.11 Å². The van der Waals surface area contributed by atoms with Gasteiger partial charge in [-0.3, -0.25) is 0 Å². The lowest BCUT2D eigenvalue weighted by Crippen LogP contribution is -1.95. The Morgan fingerprint density at radius 3 is 2.88 bits per heavy atom. The van der Waals surface area contributed by atoms with Crippen LogP contribution in [0.5, 0.6) is 0 Å². The molecule has 6 heteroatoms. The molecule has 0 radical (unpaired) electrons. The summed E-state index contributed by atoms with van der Waals surface area (Å²) in [6, 6.07) is 5.69. The fourth-order valence-electron chi connectivity index (χ4n) is 1.27. The molecule has 0 saturated heterocycles. The van der Waals surface area contributed by atoms with Gasteiger partial charge in [0, 0.05) is 5.56 Å². The number of hydrogen-bond donors (Lipinski definition) is 1. The lowest BCUT2D eigenvalue weighted by molar-refractivity contribution is 0.0702. The highest BCUT2D eigenvalue weighted by molar-refractivity contribution is 9.11. The van der Waals surface area contributed by atoms with E-state index < -0.39 is 11.8 Å². The number of halogens is 2. The van der Waals surface area contributed by atoms with Crippen molar-refractivity contribution in [3.05, 3.63) is 38.9 Å². The fourth-order valence-corrected chi connectivity index (χ4v) is 2.59. The molecule has 0 spiro atoms. The first kappa shape index (κ1) is 11.2. The van der Waals surface area contributed by atoms with Gasteiger partial charge >= 0.3 is 5.97 Å². The monoisotopic (exact) mass is 301 g/mol. The van der Waals surface area contributed by atoms with Gasteiger partial charge in [-0.05, 0) is 28.1 Å². The topological polar surface area (TPSA) is 50.2 Å². The first-order valence-corrected chi connectivity index (χ1v) is 5.84. The van der Waals surface area contributed by atoms with Gasteiger partial charge in [-0.15, -0.1) is 0 Å². The van der Waals surface area contributed by atoms with Gasteiger partial charge in [0.25, 0.3) is 0 Å². The molecule has 1 aromatic heterocycles. The highest BCUT2D eigenvalue weighted by atomic mass is 79.9. The number of aromatic carboxylic acids is 1. The summed E-state index contributed by atoms with van der Waals surface area (Å²) < 4.78 is 13.5. The second-order valence-electron chi connectivity index (χ2n) is 2.96. The Bertz CT molecular complexity index is 556. The Labute approximate surface area is 103 Å². The van der Waals surface area contributed by atoms with Crippen molar-refractivity contribution in [2.45, 2.75) is 0 Å². The van der Waals surface area contributed by atoms with Gasteiger partial charge in [0.2, 0.25) is 0 Å². The molecule has 0 amide bonds. The molecular weight excluding hydrogens is 297 g/mol. The molecule has 82 valence electrons. The number of aromatic nitrogens is 1. The second-order valence-corrected chi connectivity index (χ2v) is 5.24. The van der Waals surface area contributed by atoms with Crippen LogP contribution in [0.15, 0.2) is 28.2 Å². The van der Waals surface area contributed by atoms with Crippen LogP contribution in [0.3, 0.4) is 0 Å². The van der Waals surface area contributed by atoms with E-state index in [0.717, 1.165) is 11.3 Å². The quantitative estimate of drug-likeness (QED) is 0.925. The van der Waals surface area contributed by atoms with Crippen molar-refractivity contribution >= 4 is 33.2 Å². The molecule has 2 aromatic rings. The number of carbonyl (C=O) groups is 1. The van der Waals surface area contributed by atoms with Crippen LogP contribution in [0.25, 0.3) is 11.3 Å². The largest absolute Gasteiger partial charge is 0.477 e. The highest BCUT2D eigenvalue weighted by Crippen LogP contribution is 2.31. The molecule has 0 aliphatic carbocycles.